The van der Waals surface area contributed by atoms with E-state index in [1.54, 1.807) is 0 Å². The smallest absolute Gasteiger partial charge is 0.201 e. The molecule has 1 atom stereocenters. The Kier molecular flexibility index (Phi) is 2.87. The number of imidazole rings is 1. The number of nitrogens with one attached hydrogen (secondary N) is 2. The molecule has 0 amide bonds. The molecular weight excluding hydrogens is 190 g/mol. The van der Waals surface area contributed by atoms with E-state index in [1.807, 2.05) is 31.2 Å². The van der Waals surface area contributed by atoms with Gasteiger partial charge in [0.1, 0.15) is 0 Å². The summed E-state index contributed by atoms with van der Waals surface area (Å²) < 4.78 is 0. The standard InChI is InChI=1S/C11H15N3O/c1-2-8(15)7-12-11-13-9-5-3-4-6-10(9)14-11/h3-6,8,15H,2,7H2,1H3,(H2,12,13,14). The Morgan fingerprint density at radius 2 is 2.27 bits per heavy atom. The lowest BCUT2D eigenvalue weighted by atomic mass is 10.3. The molecule has 80 valence electrons. The number of nitrogens with zero attached hydrogens (tertiary/aromatic N) is 1. The van der Waals surface area contributed by atoms with E-state index in [4.69, 9.17) is 0 Å². The number of fused-ring (bicyclic) bond motifs is 1. The second-order valence-electron chi connectivity index (χ2n) is 3.55. The Labute approximate surface area is 88.3 Å². The van der Waals surface area contributed by atoms with Gasteiger partial charge in [0.05, 0.1) is 17.1 Å². The van der Waals surface area contributed by atoms with Gasteiger partial charge >= 0.3 is 0 Å². The minimum atomic E-state index is -0.321. The second-order valence-corrected chi connectivity index (χ2v) is 3.55. The van der Waals surface area contributed by atoms with Crippen LogP contribution in [0, 0.1) is 0 Å². The molecule has 0 aliphatic heterocycles. The molecule has 0 bridgehead atoms. The number of hydrogen-bond acceptors (Lipinski definition) is 3. The van der Waals surface area contributed by atoms with Crippen molar-refractivity contribution in [3.63, 3.8) is 0 Å². The summed E-state index contributed by atoms with van der Waals surface area (Å²) in [6.45, 7) is 2.47. The minimum Gasteiger partial charge on any atom is -0.391 e. The van der Waals surface area contributed by atoms with Crippen molar-refractivity contribution >= 4 is 17.0 Å². The molecule has 3 N–H and O–H groups in total. The first kappa shape index (κ1) is 9.98. The zero-order chi connectivity index (χ0) is 10.7. The van der Waals surface area contributed by atoms with Crippen LogP contribution >= 0.6 is 0 Å². The number of aliphatic hydroxyl groups excluding tert-OH is 1. The van der Waals surface area contributed by atoms with E-state index in [9.17, 15) is 5.11 Å². The van der Waals surface area contributed by atoms with E-state index < -0.39 is 0 Å². The van der Waals surface area contributed by atoms with Crippen LogP contribution in [0.4, 0.5) is 5.95 Å². The predicted octanol–water partition coefficient (Wildman–Crippen LogP) is 1.75. The molecule has 15 heavy (non-hydrogen) atoms. The third kappa shape index (κ3) is 2.27. The summed E-state index contributed by atoms with van der Waals surface area (Å²) in [5.41, 5.74) is 1.94. The topological polar surface area (TPSA) is 60.9 Å². The summed E-state index contributed by atoms with van der Waals surface area (Å²) in [6, 6.07) is 7.84. The fraction of sp³-hybridized carbons (Fsp3) is 0.364. The molecule has 0 radical (unpaired) electrons. The van der Waals surface area contributed by atoms with Gasteiger partial charge in [0.15, 0.2) is 0 Å². The van der Waals surface area contributed by atoms with Gasteiger partial charge in [0.25, 0.3) is 0 Å². The van der Waals surface area contributed by atoms with E-state index >= 15 is 0 Å². The number of rotatable bonds is 4. The van der Waals surface area contributed by atoms with Crippen LogP contribution in [0.5, 0.6) is 0 Å². The Morgan fingerprint density at radius 3 is 3.00 bits per heavy atom. The van der Waals surface area contributed by atoms with Crippen molar-refractivity contribution in [2.45, 2.75) is 19.4 Å². The molecule has 0 fully saturated rings. The van der Waals surface area contributed by atoms with Crippen molar-refractivity contribution in [3.05, 3.63) is 24.3 Å². The monoisotopic (exact) mass is 205 g/mol. The zero-order valence-electron chi connectivity index (χ0n) is 8.70. The third-order valence-corrected chi connectivity index (χ3v) is 2.37. The van der Waals surface area contributed by atoms with E-state index in [-0.39, 0.29) is 6.10 Å². The van der Waals surface area contributed by atoms with Crippen LogP contribution in [0.1, 0.15) is 13.3 Å². The highest BCUT2D eigenvalue weighted by atomic mass is 16.3. The molecular formula is C11H15N3O. The van der Waals surface area contributed by atoms with Crippen molar-refractivity contribution < 1.29 is 5.11 Å². The molecule has 1 heterocycles. The van der Waals surface area contributed by atoms with Gasteiger partial charge in [-0.25, -0.2) is 4.98 Å². The van der Waals surface area contributed by atoms with Gasteiger partial charge in [-0.3, -0.25) is 0 Å². The first-order chi connectivity index (χ1) is 7.29. The zero-order valence-corrected chi connectivity index (χ0v) is 8.70. The van der Waals surface area contributed by atoms with E-state index in [1.165, 1.54) is 0 Å². The summed E-state index contributed by atoms with van der Waals surface area (Å²) in [6.07, 6.45) is 0.422. The minimum absolute atomic E-state index is 0.321. The number of benzene rings is 1. The molecule has 4 heteroatoms. The summed E-state index contributed by atoms with van der Waals surface area (Å²) in [4.78, 5) is 7.48. The lowest BCUT2D eigenvalue weighted by molar-refractivity contribution is 0.183. The maximum absolute atomic E-state index is 9.39. The Balaban J connectivity index is 2.09. The van der Waals surface area contributed by atoms with Crippen LogP contribution < -0.4 is 5.32 Å². The predicted molar refractivity (Wildman–Crippen MR) is 60.9 cm³/mol. The highest BCUT2D eigenvalue weighted by Crippen LogP contribution is 2.13. The van der Waals surface area contributed by atoms with Gasteiger partial charge in [0.2, 0.25) is 5.95 Å². The van der Waals surface area contributed by atoms with Crippen molar-refractivity contribution in [2.24, 2.45) is 0 Å². The SMILES string of the molecule is CCC(O)CNc1nc2ccccc2[nH]1. The van der Waals surface area contributed by atoms with E-state index in [0.29, 0.717) is 12.5 Å². The van der Waals surface area contributed by atoms with Crippen molar-refractivity contribution in [1.82, 2.24) is 9.97 Å². The molecule has 1 aromatic carbocycles. The number of aliphatic hydroxyl groups is 1. The quantitative estimate of drug-likeness (QED) is 0.712. The first-order valence-electron chi connectivity index (χ1n) is 5.16. The summed E-state index contributed by atoms with van der Waals surface area (Å²) >= 11 is 0. The molecule has 4 nitrogen and oxygen atoms in total. The lowest BCUT2D eigenvalue weighted by Crippen LogP contribution is -2.18. The maximum atomic E-state index is 9.39. The van der Waals surface area contributed by atoms with Gasteiger partial charge in [-0.2, -0.15) is 0 Å². The molecule has 0 saturated carbocycles. The maximum Gasteiger partial charge on any atom is 0.201 e. The highest BCUT2D eigenvalue weighted by molar-refractivity contribution is 5.77. The number of para-hydroxylation sites is 2. The van der Waals surface area contributed by atoms with Crippen molar-refractivity contribution in [3.8, 4) is 0 Å². The lowest BCUT2D eigenvalue weighted by Gasteiger charge is -2.07. The molecule has 2 rings (SSSR count). The van der Waals surface area contributed by atoms with Crippen molar-refractivity contribution in [1.29, 1.82) is 0 Å². The van der Waals surface area contributed by atoms with Gasteiger partial charge in [-0.15, -0.1) is 0 Å². The number of hydrogen-bond donors (Lipinski definition) is 3. The molecule has 0 saturated heterocycles. The molecule has 0 aliphatic carbocycles. The van der Waals surface area contributed by atoms with Crippen LogP contribution in [0.15, 0.2) is 24.3 Å². The molecule has 2 aromatic rings. The van der Waals surface area contributed by atoms with Crippen LogP contribution in [-0.4, -0.2) is 27.7 Å². The van der Waals surface area contributed by atoms with Gasteiger partial charge in [-0.1, -0.05) is 19.1 Å². The molecule has 1 aromatic heterocycles. The Hall–Kier alpha value is -1.55. The summed E-state index contributed by atoms with van der Waals surface area (Å²) in [7, 11) is 0. The fourth-order valence-electron chi connectivity index (χ4n) is 1.40. The number of H-pyrrole nitrogens is 1. The number of anilines is 1. The van der Waals surface area contributed by atoms with Crippen LogP contribution in [-0.2, 0) is 0 Å². The first-order valence-corrected chi connectivity index (χ1v) is 5.16. The van der Waals surface area contributed by atoms with Gasteiger partial charge < -0.3 is 15.4 Å². The van der Waals surface area contributed by atoms with Crippen molar-refractivity contribution in [2.75, 3.05) is 11.9 Å². The Morgan fingerprint density at radius 1 is 1.47 bits per heavy atom. The van der Waals surface area contributed by atoms with Crippen LogP contribution in [0.2, 0.25) is 0 Å². The normalized spacial score (nSPS) is 12.9. The number of aromatic amines is 1. The number of aromatic nitrogens is 2. The van der Waals surface area contributed by atoms with Gasteiger partial charge in [0, 0.05) is 6.54 Å². The molecule has 1 unspecified atom stereocenters. The second kappa shape index (κ2) is 4.31. The van der Waals surface area contributed by atoms with Gasteiger partial charge in [-0.05, 0) is 18.6 Å². The summed E-state index contributed by atoms with van der Waals surface area (Å²) in [5, 5.41) is 12.5. The fourth-order valence-corrected chi connectivity index (χ4v) is 1.40. The average Bonchev–Trinajstić information content (AvgIpc) is 2.68. The Bertz CT molecular complexity index is 405. The van der Waals surface area contributed by atoms with E-state index in [0.717, 1.165) is 17.5 Å². The highest BCUT2D eigenvalue weighted by Gasteiger charge is 2.03. The molecule has 0 aliphatic rings. The van der Waals surface area contributed by atoms with Crippen LogP contribution in [0.25, 0.3) is 11.0 Å². The largest absolute Gasteiger partial charge is 0.391 e. The van der Waals surface area contributed by atoms with E-state index in [2.05, 4.69) is 15.3 Å². The van der Waals surface area contributed by atoms with Crippen LogP contribution in [0.3, 0.4) is 0 Å². The average molecular weight is 205 g/mol. The third-order valence-electron chi connectivity index (χ3n) is 2.37. The summed E-state index contributed by atoms with van der Waals surface area (Å²) in [5.74, 6) is 0.712. The molecule has 0 spiro atoms.